The second kappa shape index (κ2) is 6.89. The highest BCUT2D eigenvalue weighted by molar-refractivity contribution is 6.06. The van der Waals surface area contributed by atoms with Crippen LogP contribution in [-0.2, 0) is 0 Å². The molecule has 114 valence electrons. The number of benzene rings is 2. The number of aryl methyl sites for hydroxylation is 1. The van der Waals surface area contributed by atoms with Crippen molar-refractivity contribution in [3.63, 3.8) is 0 Å². The van der Waals surface area contributed by atoms with Crippen molar-refractivity contribution < 1.29 is 18.7 Å². The van der Waals surface area contributed by atoms with E-state index in [0.29, 0.717) is 22.6 Å². The number of methoxy groups -OCH3 is 2. The molecule has 22 heavy (non-hydrogen) atoms. The Kier molecular flexibility index (Phi) is 4.94. The summed E-state index contributed by atoms with van der Waals surface area (Å²) >= 11 is 0. The molecule has 2 aromatic carbocycles. The minimum absolute atomic E-state index is 0.183. The van der Waals surface area contributed by atoms with Crippen molar-refractivity contribution in [1.29, 1.82) is 0 Å². The summed E-state index contributed by atoms with van der Waals surface area (Å²) in [5.74, 6) is 0.716. The zero-order chi connectivity index (χ0) is 16.1. The van der Waals surface area contributed by atoms with Gasteiger partial charge in [-0.2, -0.15) is 0 Å². The largest absolute Gasteiger partial charge is 0.493 e. The first-order chi connectivity index (χ1) is 10.5. The lowest BCUT2D eigenvalue weighted by Crippen LogP contribution is -1.96. The third-order valence-electron chi connectivity index (χ3n) is 3.28. The molecule has 0 bridgehead atoms. The van der Waals surface area contributed by atoms with Crippen LogP contribution in [0.1, 0.15) is 21.5 Å². The van der Waals surface area contributed by atoms with Crippen LogP contribution in [0.4, 0.5) is 4.39 Å². The molecule has 3 nitrogen and oxygen atoms in total. The van der Waals surface area contributed by atoms with E-state index in [1.54, 1.807) is 39.4 Å². The Balaban J connectivity index is 2.20. The summed E-state index contributed by atoms with van der Waals surface area (Å²) in [6.07, 6.45) is 3.14. The fraction of sp³-hybridized carbons (Fsp3) is 0.167. The number of ketones is 1. The van der Waals surface area contributed by atoms with Gasteiger partial charge in [0.25, 0.3) is 0 Å². The summed E-state index contributed by atoms with van der Waals surface area (Å²) in [4.78, 5) is 12.1. The summed E-state index contributed by atoms with van der Waals surface area (Å²) in [6.45, 7) is 1.63. The third kappa shape index (κ3) is 3.52. The highest BCUT2D eigenvalue weighted by atomic mass is 19.1. The lowest BCUT2D eigenvalue weighted by molar-refractivity contribution is 0.104. The molecule has 0 N–H and O–H groups in total. The van der Waals surface area contributed by atoms with Crippen LogP contribution in [0.2, 0.25) is 0 Å². The van der Waals surface area contributed by atoms with Crippen LogP contribution in [0.5, 0.6) is 11.5 Å². The molecular formula is C18H17FO3. The number of halogens is 1. The average molecular weight is 300 g/mol. The zero-order valence-electron chi connectivity index (χ0n) is 12.7. The van der Waals surface area contributed by atoms with Gasteiger partial charge in [-0.05, 0) is 54.5 Å². The van der Waals surface area contributed by atoms with Crippen LogP contribution in [0, 0.1) is 12.7 Å². The summed E-state index contributed by atoms with van der Waals surface area (Å²) < 4.78 is 23.6. The Bertz CT molecular complexity index is 720. The maximum Gasteiger partial charge on any atom is 0.185 e. The molecular weight excluding hydrogens is 283 g/mol. The monoisotopic (exact) mass is 300 g/mol. The molecule has 0 fully saturated rings. The van der Waals surface area contributed by atoms with Gasteiger partial charge < -0.3 is 9.47 Å². The number of carbonyl (C=O) groups is 1. The van der Waals surface area contributed by atoms with Gasteiger partial charge in [0.1, 0.15) is 5.82 Å². The minimum Gasteiger partial charge on any atom is -0.493 e. The first kappa shape index (κ1) is 15.8. The van der Waals surface area contributed by atoms with E-state index in [2.05, 4.69) is 0 Å². The lowest BCUT2D eigenvalue weighted by Gasteiger charge is -2.07. The van der Waals surface area contributed by atoms with E-state index in [4.69, 9.17) is 9.47 Å². The molecule has 0 unspecified atom stereocenters. The van der Waals surface area contributed by atoms with Crippen LogP contribution in [0.15, 0.2) is 42.5 Å². The number of rotatable bonds is 5. The van der Waals surface area contributed by atoms with Crippen LogP contribution in [0.25, 0.3) is 6.08 Å². The summed E-state index contributed by atoms with van der Waals surface area (Å²) in [7, 11) is 3.12. The fourth-order valence-corrected chi connectivity index (χ4v) is 2.02. The molecule has 0 saturated heterocycles. The molecule has 0 aromatic heterocycles. The van der Waals surface area contributed by atoms with Crippen molar-refractivity contribution in [1.82, 2.24) is 0 Å². The molecule has 0 aliphatic heterocycles. The molecule has 0 spiro atoms. The van der Waals surface area contributed by atoms with Crippen molar-refractivity contribution in [3.8, 4) is 11.5 Å². The number of hydrogen-bond acceptors (Lipinski definition) is 3. The smallest absolute Gasteiger partial charge is 0.185 e. The van der Waals surface area contributed by atoms with Gasteiger partial charge in [0.05, 0.1) is 14.2 Å². The van der Waals surface area contributed by atoms with Gasteiger partial charge in [-0.3, -0.25) is 4.79 Å². The summed E-state index contributed by atoms with van der Waals surface area (Å²) in [5, 5.41) is 0. The van der Waals surface area contributed by atoms with E-state index in [1.165, 1.54) is 24.3 Å². The molecule has 0 atom stereocenters. The Morgan fingerprint density at radius 2 is 1.77 bits per heavy atom. The quantitative estimate of drug-likeness (QED) is 0.617. The number of carbonyl (C=O) groups excluding carboxylic acids is 1. The topological polar surface area (TPSA) is 35.5 Å². The SMILES string of the molecule is COc1ccc(/C=C/C(=O)c2ccc(F)c(C)c2)cc1OC. The van der Waals surface area contributed by atoms with Crippen LogP contribution in [0.3, 0.4) is 0 Å². The molecule has 0 saturated carbocycles. The first-order valence-corrected chi connectivity index (χ1v) is 6.75. The van der Waals surface area contributed by atoms with Gasteiger partial charge >= 0.3 is 0 Å². The maximum atomic E-state index is 13.2. The van der Waals surface area contributed by atoms with Crippen LogP contribution >= 0.6 is 0 Å². The van der Waals surface area contributed by atoms with E-state index >= 15 is 0 Å². The molecule has 0 amide bonds. The number of allylic oxidation sites excluding steroid dienone is 1. The molecule has 0 heterocycles. The second-order valence-electron chi connectivity index (χ2n) is 4.78. The van der Waals surface area contributed by atoms with Gasteiger partial charge in [0, 0.05) is 5.56 Å². The third-order valence-corrected chi connectivity index (χ3v) is 3.28. The van der Waals surface area contributed by atoms with Gasteiger partial charge in [-0.15, -0.1) is 0 Å². The van der Waals surface area contributed by atoms with Crippen molar-refractivity contribution in [2.45, 2.75) is 6.92 Å². The van der Waals surface area contributed by atoms with E-state index < -0.39 is 0 Å². The summed E-state index contributed by atoms with van der Waals surface area (Å²) in [6, 6.07) is 9.68. The van der Waals surface area contributed by atoms with E-state index in [1.807, 2.05) is 6.07 Å². The van der Waals surface area contributed by atoms with Crippen molar-refractivity contribution >= 4 is 11.9 Å². The maximum absolute atomic E-state index is 13.2. The van der Waals surface area contributed by atoms with Crippen LogP contribution in [-0.4, -0.2) is 20.0 Å². The second-order valence-corrected chi connectivity index (χ2v) is 4.78. The van der Waals surface area contributed by atoms with Gasteiger partial charge in [0.2, 0.25) is 0 Å². The average Bonchev–Trinajstić information content (AvgIpc) is 2.54. The van der Waals surface area contributed by atoms with E-state index in [9.17, 15) is 9.18 Å². The highest BCUT2D eigenvalue weighted by Gasteiger charge is 2.06. The van der Waals surface area contributed by atoms with Gasteiger partial charge in [0.15, 0.2) is 17.3 Å². The summed E-state index contributed by atoms with van der Waals surface area (Å²) in [5.41, 5.74) is 1.71. The van der Waals surface area contributed by atoms with Crippen molar-refractivity contribution in [2.75, 3.05) is 14.2 Å². The molecule has 0 radical (unpaired) electrons. The normalized spacial score (nSPS) is 10.7. The van der Waals surface area contributed by atoms with E-state index in [0.717, 1.165) is 5.56 Å². The van der Waals surface area contributed by atoms with Crippen molar-refractivity contribution in [3.05, 3.63) is 65.0 Å². The van der Waals surface area contributed by atoms with Crippen molar-refractivity contribution in [2.24, 2.45) is 0 Å². The molecule has 2 aromatic rings. The minimum atomic E-state index is -0.319. The first-order valence-electron chi connectivity index (χ1n) is 6.75. The van der Waals surface area contributed by atoms with E-state index in [-0.39, 0.29) is 11.6 Å². The van der Waals surface area contributed by atoms with Gasteiger partial charge in [-0.25, -0.2) is 4.39 Å². The molecule has 0 aliphatic rings. The Labute approximate surface area is 129 Å². The standard InChI is InChI=1S/C18H17FO3/c1-12-10-14(6-7-15(12)19)16(20)8-4-13-5-9-17(21-2)18(11-13)22-3/h4-11H,1-3H3/b8-4+. The molecule has 0 aliphatic carbocycles. The Morgan fingerprint density at radius 1 is 1.05 bits per heavy atom. The Morgan fingerprint density at radius 3 is 2.41 bits per heavy atom. The predicted octanol–water partition coefficient (Wildman–Crippen LogP) is 4.05. The fourth-order valence-electron chi connectivity index (χ4n) is 2.02. The Hall–Kier alpha value is -2.62. The van der Waals surface area contributed by atoms with Crippen LogP contribution < -0.4 is 9.47 Å². The predicted molar refractivity (Wildman–Crippen MR) is 84.0 cm³/mol. The number of ether oxygens (including phenoxy) is 2. The van der Waals surface area contributed by atoms with Gasteiger partial charge in [-0.1, -0.05) is 12.1 Å². The zero-order valence-corrected chi connectivity index (χ0v) is 12.7. The molecule has 2 rings (SSSR count). The highest BCUT2D eigenvalue weighted by Crippen LogP contribution is 2.28. The lowest BCUT2D eigenvalue weighted by atomic mass is 10.1. The molecule has 4 heteroatoms. The number of hydrogen-bond donors (Lipinski definition) is 0.